The molecule has 0 saturated carbocycles. The Hall–Kier alpha value is -2.70. The van der Waals surface area contributed by atoms with Gasteiger partial charge >= 0.3 is 6.09 Å². The number of benzene rings is 2. The van der Waals surface area contributed by atoms with Crippen molar-refractivity contribution in [3.05, 3.63) is 73.3 Å². The molecule has 2 amide bonds. The highest BCUT2D eigenvalue weighted by Gasteiger charge is 2.52. The average Bonchev–Trinajstić information content (AvgIpc) is 3.09. The molecule has 0 radical (unpaired) electrons. The van der Waals surface area contributed by atoms with Crippen LogP contribution >= 0.6 is 0 Å². The van der Waals surface area contributed by atoms with Crippen LogP contribution in [0.25, 0.3) is 0 Å². The molecule has 1 heterocycles. The molecule has 0 aromatic heterocycles. The molecule has 35 heavy (non-hydrogen) atoms. The second-order valence-corrected chi connectivity index (χ2v) is 15.6. The highest BCUT2D eigenvalue weighted by molar-refractivity contribution is 6.99. The van der Waals surface area contributed by atoms with Crippen LogP contribution in [-0.2, 0) is 14.0 Å². The molecule has 0 aliphatic carbocycles. The smallest absolute Gasteiger partial charge is 0.417 e. The summed E-state index contributed by atoms with van der Waals surface area (Å²) in [4.78, 5) is 27.4. The molecule has 2 aromatic carbocycles. The lowest BCUT2D eigenvalue weighted by atomic mass is 9.97. The second kappa shape index (κ2) is 10.5. The van der Waals surface area contributed by atoms with Crippen LogP contribution in [0, 0.1) is 5.92 Å². The van der Waals surface area contributed by atoms with Gasteiger partial charge in [-0.15, -0.1) is 6.58 Å². The molecule has 1 aliphatic rings. The van der Waals surface area contributed by atoms with Crippen LogP contribution < -0.4 is 10.4 Å². The molecule has 1 aliphatic heterocycles. The zero-order chi connectivity index (χ0) is 25.9. The topological polar surface area (TPSA) is 55.8 Å². The lowest BCUT2D eigenvalue weighted by molar-refractivity contribution is -0.128. The Labute approximate surface area is 211 Å². The van der Waals surface area contributed by atoms with Crippen LogP contribution in [0.1, 0.15) is 54.4 Å². The van der Waals surface area contributed by atoms with Crippen LogP contribution in [0.4, 0.5) is 4.79 Å². The number of hydrogen-bond acceptors (Lipinski definition) is 4. The van der Waals surface area contributed by atoms with Crippen LogP contribution in [0.3, 0.4) is 0 Å². The predicted molar refractivity (Wildman–Crippen MR) is 143 cm³/mol. The Morgan fingerprint density at radius 3 is 1.94 bits per heavy atom. The molecule has 0 bridgehead atoms. The van der Waals surface area contributed by atoms with E-state index < -0.39 is 26.1 Å². The van der Waals surface area contributed by atoms with Crippen molar-refractivity contribution in [2.24, 2.45) is 5.92 Å². The van der Waals surface area contributed by atoms with E-state index in [1.165, 1.54) is 4.90 Å². The monoisotopic (exact) mass is 493 g/mol. The van der Waals surface area contributed by atoms with Crippen molar-refractivity contribution in [3.8, 4) is 0 Å². The number of carbonyl (C=O) groups is 2. The van der Waals surface area contributed by atoms with Crippen molar-refractivity contribution in [1.29, 1.82) is 0 Å². The number of imide groups is 1. The first-order chi connectivity index (χ1) is 16.4. The minimum Gasteiger partial charge on any atom is -0.443 e. The first-order valence-corrected chi connectivity index (χ1v) is 14.2. The Morgan fingerprint density at radius 1 is 1.00 bits per heavy atom. The fourth-order valence-electron chi connectivity index (χ4n) is 5.04. The summed E-state index contributed by atoms with van der Waals surface area (Å²) in [6.45, 7) is 16.2. The number of allylic oxidation sites excluding steroid dienone is 1. The van der Waals surface area contributed by atoms with Crippen molar-refractivity contribution in [2.75, 3.05) is 6.61 Å². The minimum atomic E-state index is -2.82. The SMILES string of the molecule is C=CC[C@H]1CC(=O)N(C(=O)OC(C)(C)C)[C@@H]1CO[Si](c1ccccc1)(c1ccccc1)C(C)(C)C. The molecule has 6 heteroatoms. The number of nitrogens with zero attached hydrogens (tertiary/aromatic N) is 1. The van der Waals surface area contributed by atoms with Gasteiger partial charge in [0.25, 0.3) is 8.32 Å². The fraction of sp³-hybridized carbons (Fsp3) is 0.448. The summed E-state index contributed by atoms with van der Waals surface area (Å²) in [5.41, 5.74) is -0.697. The van der Waals surface area contributed by atoms with E-state index in [2.05, 4.69) is 51.6 Å². The molecule has 0 unspecified atom stereocenters. The summed E-state index contributed by atoms with van der Waals surface area (Å²) < 4.78 is 12.7. The zero-order valence-electron chi connectivity index (χ0n) is 21.9. The van der Waals surface area contributed by atoms with Gasteiger partial charge in [-0.3, -0.25) is 4.79 Å². The van der Waals surface area contributed by atoms with Crippen molar-refractivity contribution in [1.82, 2.24) is 4.90 Å². The largest absolute Gasteiger partial charge is 0.443 e. The van der Waals surface area contributed by atoms with Gasteiger partial charge in [-0.05, 0) is 48.5 Å². The Balaban J connectivity index is 2.06. The van der Waals surface area contributed by atoms with Gasteiger partial charge in [0.2, 0.25) is 5.91 Å². The Kier molecular flexibility index (Phi) is 8.07. The number of rotatable bonds is 7. The molecule has 5 nitrogen and oxygen atoms in total. The summed E-state index contributed by atoms with van der Waals surface area (Å²) in [6.07, 6.45) is 2.11. The van der Waals surface area contributed by atoms with E-state index in [1.807, 2.05) is 42.5 Å². The summed E-state index contributed by atoms with van der Waals surface area (Å²) in [5, 5.41) is 2.11. The average molecular weight is 494 g/mol. The van der Waals surface area contributed by atoms with Crippen molar-refractivity contribution < 1.29 is 18.8 Å². The van der Waals surface area contributed by atoms with Crippen molar-refractivity contribution in [2.45, 2.75) is 71.1 Å². The highest BCUT2D eigenvalue weighted by Crippen LogP contribution is 2.38. The first-order valence-electron chi connectivity index (χ1n) is 12.3. The summed E-state index contributed by atoms with van der Waals surface area (Å²) in [7, 11) is -2.82. The van der Waals surface area contributed by atoms with Crippen LogP contribution in [0.5, 0.6) is 0 Å². The van der Waals surface area contributed by atoms with Gasteiger partial charge in [0, 0.05) is 6.42 Å². The summed E-state index contributed by atoms with van der Waals surface area (Å²) in [5.74, 6) is -0.284. The maximum Gasteiger partial charge on any atom is 0.417 e. The summed E-state index contributed by atoms with van der Waals surface area (Å²) >= 11 is 0. The minimum absolute atomic E-state index is 0.0641. The van der Waals surface area contributed by atoms with E-state index in [4.69, 9.17) is 9.16 Å². The Morgan fingerprint density at radius 2 is 1.51 bits per heavy atom. The number of hydrogen-bond donors (Lipinski definition) is 0. The molecule has 2 aromatic rings. The van der Waals surface area contributed by atoms with E-state index in [9.17, 15) is 9.59 Å². The van der Waals surface area contributed by atoms with E-state index in [1.54, 1.807) is 20.8 Å². The van der Waals surface area contributed by atoms with Gasteiger partial charge < -0.3 is 9.16 Å². The maximum atomic E-state index is 13.1. The lowest BCUT2D eigenvalue weighted by Gasteiger charge is -2.44. The molecule has 0 N–H and O–H groups in total. The third kappa shape index (κ3) is 5.76. The number of likely N-dealkylation sites (tertiary alicyclic amines) is 1. The van der Waals surface area contributed by atoms with Gasteiger partial charge in [-0.2, -0.15) is 0 Å². The van der Waals surface area contributed by atoms with Crippen LogP contribution in [-0.4, -0.2) is 43.5 Å². The van der Waals surface area contributed by atoms with Gasteiger partial charge in [-0.1, -0.05) is 87.5 Å². The maximum absolute atomic E-state index is 13.1. The number of carbonyl (C=O) groups excluding carboxylic acids is 2. The number of amides is 2. The van der Waals surface area contributed by atoms with Gasteiger partial charge in [0.15, 0.2) is 0 Å². The molecule has 2 atom stereocenters. The van der Waals surface area contributed by atoms with Gasteiger partial charge in [0.1, 0.15) is 5.60 Å². The third-order valence-electron chi connectivity index (χ3n) is 6.53. The van der Waals surface area contributed by atoms with E-state index in [0.29, 0.717) is 6.42 Å². The first kappa shape index (κ1) is 26.9. The zero-order valence-corrected chi connectivity index (χ0v) is 22.9. The summed E-state index contributed by atoms with van der Waals surface area (Å²) in [6, 6.07) is 20.3. The van der Waals surface area contributed by atoms with Crippen LogP contribution in [0.15, 0.2) is 73.3 Å². The standard InChI is InChI=1S/C29H39NO4Si/c1-8-15-22-20-26(31)30(27(32)34-28(2,3)4)25(22)21-33-35(29(5,6)7,23-16-11-9-12-17-23)24-18-13-10-14-19-24/h8-14,16-19,22,25H,1,15,20-21H2,2-7H3/t22-,25+/m0/s1. The molecular weight excluding hydrogens is 454 g/mol. The fourth-order valence-corrected chi connectivity index (χ4v) is 9.62. The molecule has 1 fully saturated rings. The normalized spacial score (nSPS) is 19.0. The van der Waals surface area contributed by atoms with Gasteiger partial charge in [-0.25, -0.2) is 9.69 Å². The number of ether oxygens (including phenoxy) is 1. The molecular formula is C29H39NO4Si. The van der Waals surface area contributed by atoms with Crippen LogP contribution in [0.2, 0.25) is 5.04 Å². The van der Waals surface area contributed by atoms with E-state index in [-0.39, 0.29) is 29.9 Å². The van der Waals surface area contributed by atoms with Crippen molar-refractivity contribution in [3.63, 3.8) is 0 Å². The predicted octanol–water partition coefficient (Wildman–Crippen LogP) is 5.29. The Bertz CT molecular complexity index is 985. The van der Waals surface area contributed by atoms with E-state index >= 15 is 0 Å². The quantitative estimate of drug-likeness (QED) is 0.388. The van der Waals surface area contributed by atoms with E-state index in [0.717, 1.165) is 10.4 Å². The molecule has 1 saturated heterocycles. The van der Waals surface area contributed by atoms with Crippen molar-refractivity contribution >= 4 is 30.7 Å². The molecule has 0 spiro atoms. The second-order valence-electron chi connectivity index (χ2n) is 11.3. The molecule has 3 rings (SSSR count). The lowest BCUT2D eigenvalue weighted by Crippen LogP contribution is -2.67. The molecule has 188 valence electrons. The van der Waals surface area contributed by atoms with Gasteiger partial charge in [0.05, 0.1) is 12.6 Å². The highest BCUT2D eigenvalue weighted by atomic mass is 28.4. The third-order valence-corrected chi connectivity index (χ3v) is 11.5.